The third-order valence-corrected chi connectivity index (χ3v) is 4.57. The summed E-state index contributed by atoms with van der Waals surface area (Å²) in [5, 5.41) is 15.6. The van der Waals surface area contributed by atoms with Crippen LogP contribution in [0.4, 0.5) is 0 Å². The number of amidine groups is 2. The van der Waals surface area contributed by atoms with Gasteiger partial charge in [-0.1, -0.05) is 72.8 Å². The summed E-state index contributed by atoms with van der Waals surface area (Å²) in [5.74, 6) is 0. The minimum absolute atomic E-state index is 0. The van der Waals surface area contributed by atoms with Gasteiger partial charge in [-0.2, -0.15) is 10.2 Å². The standard InChI is InChI=1S/2C13H12N4S.Fe/c2*14-13(18)17-16-12(10-6-2-1-3-7-10)11-8-4-5-9-15-11;/h2*1-9H,(H3,14,17,18);/q;;+2/p-2/b2*16-12+;. The molecule has 186 valence electrons. The molecule has 4 rings (SSSR count). The molecule has 11 heteroatoms. The normalized spacial score (nSPS) is 12.1. The van der Waals surface area contributed by atoms with Gasteiger partial charge in [0.25, 0.3) is 0 Å². The van der Waals surface area contributed by atoms with E-state index in [0.29, 0.717) is 11.4 Å². The molecule has 0 aliphatic rings. The van der Waals surface area contributed by atoms with Gasteiger partial charge in [0, 0.05) is 23.5 Å². The minimum atomic E-state index is -0.000591. The van der Waals surface area contributed by atoms with E-state index in [-0.39, 0.29) is 27.4 Å². The SMILES string of the molecule is N/C([S-])=N/N=C(\c1ccccc1)c1ccccn1.N/C([S-])=N/N=C(\c1ccccc1)c1ccccn1.[Fe+2]. The van der Waals surface area contributed by atoms with Crippen molar-refractivity contribution in [3.05, 3.63) is 132 Å². The van der Waals surface area contributed by atoms with Crippen molar-refractivity contribution in [3.8, 4) is 0 Å². The van der Waals surface area contributed by atoms with Gasteiger partial charge in [-0.3, -0.25) is 9.97 Å². The predicted molar refractivity (Wildman–Crippen MR) is 151 cm³/mol. The van der Waals surface area contributed by atoms with Crippen LogP contribution in [-0.2, 0) is 42.3 Å². The molecule has 8 nitrogen and oxygen atoms in total. The van der Waals surface area contributed by atoms with Gasteiger partial charge in [0.05, 0.1) is 11.4 Å². The van der Waals surface area contributed by atoms with Crippen LogP contribution in [0.25, 0.3) is 0 Å². The molecule has 0 bridgehead atoms. The van der Waals surface area contributed by atoms with Crippen LogP contribution in [0.2, 0.25) is 0 Å². The third kappa shape index (κ3) is 9.86. The van der Waals surface area contributed by atoms with Gasteiger partial charge in [0.1, 0.15) is 11.4 Å². The summed E-state index contributed by atoms with van der Waals surface area (Å²) < 4.78 is 0. The molecular weight excluding hydrogens is 544 g/mol. The Morgan fingerprint density at radius 1 is 0.514 bits per heavy atom. The fourth-order valence-corrected chi connectivity index (χ4v) is 2.99. The van der Waals surface area contributed by atoms with Crippen LogP contribution in [-0.4, -0.2) is 31.7 Å². The maximum Gasteiger partial charge on any atom is 2.00 e. The zero-order valence-corrected chi connectivity index (χ0v) is 22.1. The smallest absolute Gasteiger partial charge is 0.741 e. The molecular formula is C26H22FeN8S2. The quantitative estimate of drug-likeness (QED) is 0.121. The Hall–Kier alpha value is -4.02. The van der Waals surface area contributed by atoms with Crippen LogP contribution in [0.15, 0.2) is 130 Å². The molecule has 2 aromatic carbocycles. The van der Waals surface area contributed by atoms with E-state index in [1.807, 2.05) is 97.1 Å². The Labute approximate surface area is 237 Å². The van der Waals surface area contributed by atoms with Crippen LogP contribution in [0.3, 0.4) is 0 Å². The van der Waals surface area contributed by atoms with E-state index in [2.05, 4.69) is 30.4 Å². The van der Waals surface area contributed by atoms with Crippen molar-refractivity contribution in [2.24, 2.45) is 31.9 Å². The second-order valence-electron chi connectivity index (χ2n) is 6.94. The van der Waals surface area contributed by atoms with Gasteiger partial charge in [-0.15, -0.1) is 10.2 Å². The van der Waals surface area contributed by atoms with Crippen LogP contribution in [0, 0.1) is 0 Å². The summed E-state index contributed by atoms with van der Waals surface area (Å²) in [6.07, 6.45) is 3.41. The van der Waals surface area contributed by atoms with E-state index in [1.165, 1.54) is 0 Å². The van der Waals surface area contributed by atoms with Gasteiger partial charge >= 0.3 is 17.1 Å². The van der Waals surface area contributed by atoms with Gasteiger partial charge in [-0.05, 0) is 34.6 Å². The van der Waals surface area contributed by atoms with Crippen molar-refractivity contribution in [1.29, 1.82) is 0 Å². The zero-order valence-electron chi connectivity index (χ0n) is 19.4. The van der Waals surface area contributed by atoms with Crippen molar-refractivity contribution in [3.63, 3.8) is 0 Å². The van der Waals surface area contributed by atoms with E-state index in [1.54, 1.807) is 12.4 Å². The summed E-state index contributed by atoms with van der Waals surface area (Å²) in [4.78, 5) is 8.52. The molecule has 4 aromatic rings. The number of rotatable bonds is 6. The van der Waals surface area contributed by atoms with E-state index < -0.39 is 0 Å². The van der Waals surface area contributed by atoms with Crippen molar-refractivity contribution in [1.82, 2.24) is 9.97 Å². The number of hydrogen-bond donors (Lipinski definition) is 2. The molecule has 4 N–H and O–H groups in total. The molecule has 0 aliphatic heterocycles. The summed E-state index contributed by atoms with van der Waals surface area (Å²) in [5.41, 5.74) is 15.2. The molecule has 0 saturated carbocycles. The Bertz CT molecular complexity index is 1150. The van der Waals surface area contributed by atoms with Crippen molar-refractivity contribution in [2.45, 2.75) is 0 Å². The third-order valence-electron chi connectivity index (χ3n) is 4.41. The summed E-state index contributed by atoms with van der Waals surface area (Å²) in [6.45, 7) is 0. The maximum absolute atomic E-state index is 5.33. The van der Waals surface area contributed by atoms with Crippen LogP contribution in [0.1, 0.15) is 22.5 Å². The number of aromatic nitrogens is 2. The number of hydrogen-bond acceptors (Lipinski definition) is 8. The number of benzene rings is 2. The van der Waals surface area contributed by atoms with E-state index in [9.17, 15) is 0 Å². The Morgan fingerprint density at radius 3 is 1.16 bits per heavy atom. The van der Waals surface area contributed by atoms with E-state index in [4.69, 9.17) is 36.7 Å². The zero-order chi connectivity index (χ0) is 25.6. The fraction of sp³-hybridized carbons (Fsp3) is 0. The van der Waals surface area contributed by atoms with E-state index >= 15 is 0 Å². The van der Waals surface area contributed by atoms with Crippen molar-refractivity contribution >= 4 is 47.0 Å². The second-order valence-corrected chi connectivity index (χ2v) is 7.77. The topological polar surface area (TPSA) is 127 Å². The van der Waals surface area contributed by atoms with Gasteiger partial charge in [0.15, 0.2) is 0 Å². The first kappa shape index (κ1) is 29.2. The average molecular weight is 566 g/mol. The molecule has 2 aromatic heterocycles. The Balaban J connectivity index is 0.000000253. The molecule has 0 unspecified atom stereocenters. The first-order valence-electron chi connectivity index (χ1n) is 10.6. The first-order valence-corrected chi connectivity index (χ1v) is 11.5. The summed E-state index contributed by atoms with van der Waals surface area (Å²) in [6, 6.07) is 30.5. The monoisotopic (exact) mass is 566 g/mol. The van der Waals surface area contributed by atoms with Gasteiger partial charge < -0.3 is 36.7 Å². The van der Waals surface area contributed by atoms with Crippen LogP contribution >= 0.6 is 0 Å². The Kier molecular flexibility index (Phi) is 12.5. The van der Waals surface area contributed by atoms with Gasteiger partial charge in [0.2, 0.25) is 0 Å². The second kappa shape index (κ2) is 15.9. The first-order chi connectivity index (χ1) is 17.5. The molecule has 0 spiro atoms. The molecule has 0 atom stereocenters. The maximum atomic E-state index is 5.33. The molecule has 37 heavy (non-hydrogen) atoms. The fourth-order valence-electron chi connectivity index (χ4n) is 2.91. The predicted octanol–water partition coefficient (Wildman–Crippen LogP) is 3.39. The van der Waals surface area contributed by atoms with Gasteiger partial charge in [-0.25, -0.2) is 0 Å². The minimum Gasteiger partial charge on any atom is -0.741 e. The molecule has 0 aliphatic carbocycles. The largest absolute Gasteiger partial charge is 2.00 e. The molecule has 0 radical (unpaired) electrons. The van der Waals surface area contributed by atoms with Crippen LogP contribution < -0.4 is 11.5 Å². The van der Waals surface area contributed by atoms with Crippen molar-refractivity contribution in [2.75, 3.05) is 0 Å². The molecule has 0 fully saturated rings. The van der Waals surface area contributed by atoms with Crippen LogP contribution in [0.5, 0.6) is 0 Å². The van der Waals surface area contributed by atoms with E-state index in [0.717, 1.165) is 22.5 Å². The number of nitrogens with zero attached hydrogens (tertiary/aromatic N) is 6. The number of pyridine rings is 2. The molecule has 0 amide bonds. The average Bonchev–Trinajstić information content (AvgIpc) is 2.91. The summed E-state index contributed by atoms with van der Waals surface area (Å²) in [7, 11) is 0. The molecule has 0 saturated heterocycles. The molecule has 2 heterocycles. The van der Waals surface area contributed by atoms with Crippen molar-refractivity contribution < 1.29 is 17.1 Å². The number of nitrogens with two attached hydrogens (primary N) is 2. The Morgan fingerprint density at radius 2 is 0.865 bits per heavy atom. The summed E-state index contributed by atoms with van der Waals surface area (Å²) >= 11 is 9.39.